The minimum atomic E-state index is -0.179. The molecule has 134 valence electrons. The predicted molar refractivity (Wildman–Crippen MR) is 100.0 cm³/mol. The van der Waals surface area contributed by atoms with E-state index in [1.165, 1.54) is 6.07 Å². The Kier molecular flexibility index (Phi) is 4.69. The Hall–Kier alpha value is -2.69. The maximum absolute atomic E-state index is 13.3. The topological polar surface area (TPSA) is 45.2 Å². The van der Waals surface area contributed by atoms with Gasteiger partial charge in [-0.1, -0.05) is 12.1 Å². The van der Waals surface area contributed by atoms with Crippen molar-refractivity contribution in [2.45, 2.75) is 6.42 Å². The van der Waals surface area contributed by atoms with E-state index in [-0.39, 0.29) is 11.7 Å². The molecule has 1 saturated carbocycles. The van der Waals surface area contributed by atoms with E-state index in [1.807, 2.05) is 18.2 Å². The number of piperidine rings is 1. The molecule has 1 aliphatic heterocycles. The third-order valence-electron chi connectivity index (χ3n) is 5.43. The van der Waals surface area contributed by atoms with Gasteiger partial charge in [0.05, 0.1) is 0 Å². The van der Waals surface area contributed by atoms with Gasteiger partial charge in [-0.3, -0.25) is 9.78 Å². The van der Waals surface area contributed by atoms with Crippen LogP contribution in [0.25, 0.3) is 6.08 Å². The van der Waals surface area contributed by atoms with Crippen molar-refractivity contribution in [1.29, 1.82) is 0 Å². The molecule has 1 saturated heterocycles. The van der Waals surface area contributed by atoms with Gasteiger partial charge in [-0.2, -0.15) is 0 Å². The first kappa shape index (κ1) is 16.8. The summed E-state index contributed by atoms with van der Waals surface area (Å²) in [6.07, 6.45) is 7.76. The number of hydrogen-bond donors (Lipinski definition) is 1. The van der Waals surface area contributed by atoms with Crippen LogP contribution in [0.2, 0.25) is 0 Å². The van der Waals surface area contributed by atoms with Gasteiger partial charge in [0.2, 0.25) is 5.91 Å². The smallest absolute Gasteiger partial charge is 0.244 e. The van der Waals surface area contributed by atoms with Crippen LogP contribution in [0.4, 0.5) is 10.1 Å². The summed E-state index contributed by atoms with van der Waals surface area (Å²) in [7, 11) is 0. The first-order chi connectivity index (χ1) is 12.7. The number of anilines is 1. The lowest BCUT2D eigenvalue weighted by atomic mass is 10.2. The SMILES string of the molecule is O=C(/C=C/c1cccnc1)NCCC1C2CN(c3cccc(F)c3)CC12. The highest BCUT2D eigenvalue weighted by molar-refractivity contribution is 5.91. The van der Waals surface area contributed by atoms with Crippen molar-refractivity contribution in [1.82, 2.24) is 10.3 Å². The van der Waals surface area contributed by atoms with Gasteiger partial charge in [0.1, 0.15) is 5.82 Å². The van der Waals surface area contributed by atoms with E-state index in [4.69, 9.17) is 0 Å². The van der Waals surface area contributed by atoms with E-state index in [0.29, 0.717) is 24.3 Å². The number of nitrogens with zero attached hydrogens (tertiary/aromatic N) is 2. The second kappa shape index (κ2) is 7.28. The number of pyridine rings is 1. The summed E-state index contributed by atoms with van der Waals surface area (Å²) in [6, 6.07) is 10.6. The highest BCUT2D eigenvalue weighted by Gasteiger charge is 2.54. The summed E-state index contributed by atoms with van der Waals surface area (Å²) in [5.74, 6) is 1.80. The molecule has 2 fully saturated rings. The zero-order chi connectivity index (χ0) is 17.9. The first-order valence-electron chi connectivity index (χ1n) is 9.07. The summed E-state index contributed by atoms with van der Waals surface area (Å²) >= 11 is 0. The highest BCUT2D eigenvalue weighted by atomic mass is 19.1. The number of benzene rings is 1. The molecular formula is C21H22FN3O. The number of rotatable bonds is 6. The molecule has 5 heteroatoms. The number of halogens is 1. The van der Waals surface area contributed by atoms with Crippen LogP contribution in [0, 0.1) is 23.6 Å². The second-order valence-electron chi connectivity index (χ2n) is 7.08. The highest BCUT2D eigenvalue weighted by Crippen LogP contribution is 2.54. The van der Waals surface area contributed by atoms with Crippen LogP contribution < -0.4 is 10.2 Å². The van der Waals surface area contributed by atoms with Gasteiger partial charge in [0.15, 0.2) is 0 Å². The average molecular weight is 351 g/mol. The van der Waals surface area contributed by atoms with Crippen LogP contribution >= 0.6 is 0 Å². The summed E-state index contributed by atoms with van der Waals surface area (Å²) in [4.78, 5) is 18.2. The summed E-state index contributed by atoms with van der Waals surface area (Å²) in [5, 5.41) is 2.95. The maximum Gasteiger partial charge on any atom is 0.244 e. The van der Waals surface area contributed by atoms with Gasteiger partial charge in [-0.25, -0.2) is 4.39 Å². The van der Waals surface area contributed by atoms with Crippen molar-refractivity contribution in [2.24, 2.45) is 17.8 Å². The quantitative estimate of drug-likeness (QED) is 0.814. The van der Waals surface area contributed by atoms with Crippen molar-refractivity contribution in [2.75, 3.05) is 24.5 Å². The number of carbonyl (C=O) groups excluding carboxylic acids is 1. The number of aromatic nitrogens is 1. The number of hydrogen-bond acceptors (Lipinski definition) is 3. The van der Waals surface area contributed by atoms with Gasteiger partial charge in [0.25, 0.3) is 0 Å². The maximum atomic E-state index is 13.3. The predicted octanol–water partition coefficient (Wildman–Crippen LogP) is 3.12. The molecule has 1 aliphatic carbocycles. The van der Waals surface area contributed by atoms with E-state index < -0.39 is 0 Å². The Bertz CT molecular complexity index is 796. The lowest BCUT2D eigenvalue weighted by molar-refractivity contribution is -0.116. The zero-order valence-electron chi connectivity index (χ0n) is 14.5. The molecule has 26 heavy (non-hydrogen) atoms. The molecule has 2 aliphatic rings. The lowest BCUT2D eigenvalue weighted by Gasteiger charge is -2.22. The Labute approximate surface area is 152 Å². The number of amides is 1. The fraction of sp³-hybridized carbons (Fsp3) is 0.333. The molecule has 2 unspecified atom stereocenters. The van der Waals surface area contributed by atoms with Gasteiger partial charge in [-0.15, -0.1) is 0 Å². The summed E-state index contributed by atoms with van der Waals surface area (Å²) in [6.45, 7) is 2.69. The minimum Gasteiger partial charge on any atom is -0.371 e. The molecule has 4 nitrogen and oxygen atoms in total. The third-order valence-corrected chi connectivity index (χ3v) is 5.43. The van der Waals surface area contributed by atoms with Crippen molar-refractivity contribution in [3.63, 3.8) is 0 Å². The molecule has 1 aromatic carbocycles. The second-order valence-corrected chi connectivity index (χ2v) is 7.08. The van der Waals surface area contributed by atoms with Crippen LogP contribution in [0.3, 0.4) is 0 Å². The van der Waals surface area contributed by atoms with E-state index in [0.717, 1.165) is 30.8 Å². The molecule has 1 aromatic heterocycles. The lowest BCUT2D eigenvalue weighted by Crippen LogP contribution is -2.26. The monoisotopic (exact) mass is 351 g/mol. The van der Waals surface area contributed by atoms with Crippen LogP contribution in [0.1, 0.15) is 12.0 Å². The summed E-state index contributed by atoms with van der Waals surface area (Å²) in [5.41, 5.74) is 1.89. The largest absolute Gasteiger partial charge is 0.371 e. The molecule has 4 rings (SSSR count). The fourth-order valence-corrected chi connectivity index (χ4v) is 4.03. The average Bonchev–Trinajstić information content (AvgIpc) is 3.10. The van der Waals surface area contributed by atoms with Gasteiger partial charge in [0, 0.05) is 43.8 Å². The summed E-state index contributed by atoms with van der Waals surface area (Å²) < 4.78 is 13.3. The number of carbonyl (C=O) groups is 1. The molecule has 2 atom stereocenters. The van der Waals surface area contributed by atoms with Crippen LogP contribution in [0.15, 0.2) is 54.9 Å². The molecule has 0 radical (unpaired) electrons. The Morgan fingerprint density at radius 2 is 2.12 bits per heavy atom. The molecule has 2 aromatic rings. The van der Waals surface area contributed by atoms with Gasteiger partial charge < -0.3 is 10.2 Å². The molecule has 0 bridgehead atoms. The zero-order valence-corrected chi connectivity index (χ0v) is 14.5. The van der Waals surface area contributed by atoms with Crippen molar-refractivity contribution in [3.8, 4) is 0 Å². The molecule has 0 spiro atoms. The number of nitrogens with one attached hydrogen (secondary N) is 1. The van der Waals surface area contributed by atoms with Crippen molar-refractivity contribution in [3.05, 3.63) is 66.2 Å². The Morgan fingerprint density at radius 1 is 1.27 bits per heavy atom. The van der Waals surface area contributed by atoms with Crippen molar-refractivity contribution >= 4 is 17.7 Å². The van der Waals surface area contributed by atoms with Gasteiger partial charge in [-0.05, 0) is 60.1 Å². The molecule has 1 amide bonds. The standard InChI is InChI=1S/C21H22FN3O/c22-16-4-1-5-17(11-16)25-13-19-18(20(19)14-25)8-10-24-21(26)7-6-15-3-2-9-23-12-15/h1-7,9,11-12,18-20H,8,10,13-14H2,(H,24,26)/b7-6+. The molecule has 2 heterocycles. The van der Waals surface area contributed by atoms with E-state index in [9.17, 15) is 9.18 Å². The minimum absolute atomic E-state index is 0.0685. The van der Waals surface area contributed by atoms with Crippen LogP contribution in [-0.2, 0) is 4.79 Å². The number of fused-ring (bicyclic) bond motifs is 1. The van der Waals surface area contributed by atoms with Crippen LogP contribution in [0.5, 0.6) is 0 Å². The van der Waals surface area contributed by atoms with E-state index in [2.05, 4.69) is 15.2 Å². The van der Waals surface area contributed by atoms with E-state index in [1.54, 1.807) is 36.7 Å². The first-order valence-corrected chi connectivity index (χ1v) is 9.07. The van der Waals surface area contributed by atoms with Crippen LogP contribution in [-0.4, -0.2) is 30.5 Å². The molecular weight excluding hydrogens is 329 g/mol. The Balaban J connectivity index is 1.18. The fourth-order valence-electron chi connectivity index (χ4n) is 4.03. The van der Waals surface area contributed by atoms with E-state index >= 15 is 0 Å². The third kappa shape index (κ3) is 3.77. The normalized spacial score (nSPS) is 23.9. The van der Waals surface area contributed by atoms with Gasteiger partial charge >= 0.3 is 0 Å². The molecule has 1 N–H and O–H groups in total. The van der Waals surface area contributed by atoms with Crippen molar-refractivity contribution < 1.29 is 9.18 Å². The Morgan fingerprint density at radius 3 is 2.85 bits per heavy atom.